The summed E-state index contributed by atoms with van der Waals surface area (Å²) < 4.78 is 0. The lowest BCUT2D eigenvalue weighted by Gasteiger charge is -2.42. The highest BCUT2D eigenvalue weighted by Crippen LogP contribution is 2.23. The summed E-state index contributed by atoms with van der Waals surface area (Å²) in [6.45, 7) is 9.82. The summed E-state index contributed by atoms with van der Waals surface area (Å²) in [7, 11) is 0. The quantitative estimate of drug-likeness (QED) is 0.896. The van der Waals surface area contributed by atoms with Gasteiger partial charge in [-0.25, -0.2) is 0 Å². The SMILES string of the molecule is Cc1cccc(C)c1CN1C(=O)C(C)(C)NC(=O)C1C. The molecule has 0 saturated carbocycles. The number of rotatable bonds is 2. The minimum atomic E-state index is -0.833. The van der Waals surface area contributed by atoms with E-state index in [2.05, 4.69) is 5.32 Å². The van der Waals surface area contributed by atoms with Crippen LogP contribution >= 0.6 is 0 Å². The third-order valence-electron chi connectivity index (χ3n) is 4.05. The van der Waals surface area contributed by atoms with Crippen molar-refractivity contribution in [1.29, 1.82) is 0 Å². The third kappa shape index (κ3) is 2.42. The van der Waals surface area contributed by atoms with Gasteiger partial charge in [-0.1, -0.05) is 18.2 Å². The maximum Gasteiger partial charge on any atom is 0.248 e. The summed E-state index contributed by atoms with van der Waals surface area (Å²) in [5.41, 5.74) is 2.58. The molecule has 1 aliphatic rings. The van der Waals surface area contributed by atoms with Crippen molar-refractivity contribution in [1.82, 2.24) is 10.2 Å². The molecule has 2 amide bonds. The van der Waals surface area contributed by atoms with Crippen LogP contribution in [0.25, 0.3) is 0 Å². The summed E-state index contributed by atoms with van der Waals surface area (Å²) in [6.07, 6.45) is 0. The number of nitrogens with one attached hydrogen (secondary N) is 1. The van der Waals surface area contributed by atoms with E-state index in [0.717, 1.165) is 16.7 Å². The summed E-state index contributed by atoms with van der Waals surface area (Å²) in [4.78, 5) is 26.2. The van der Waals surface area contributed by atoms with Gasteiger partial charge < -0.3 is 10.2 Å². The Balaban J connectivity index is 2.35. The van der Waals surface area contributed by atoms with Gasteiger partial charge >= 0.3 is 0 Å². The van der Waals surface area contributed by atoms with Crippen molar-refractivity contribution in [3.05, 3.63) is 34.9 Å². The molecule has 0 bridgehead atoms. The highest BCUT2D eigenvalue weighted by Gasteiger charge is 2.43. The van der Waals surface area contributed by atoms with Crippen LogP contribution in [0.2, 0.25) is 0 Å². The van der Waals surface area contributed by atoms with E-state index in [9.17, 15) is 9.59 Å². The van der Waals surface area contributed by atoms with Crippen LogP contribution in [-0.4, -0.2) is 28.3 Å². The summed E-state index contributed by atoms with van der Waals surface area (Å²) in [6, 6.07) is 5.64. The van der Waals surface area contributed by atoms with Gasteiger partial charge in [-0.2, -0.15) is 0 Å². The fourth-order valence-electron chi connectivity index (χ4n) is 2.62. The van der Waals surface area contributed by atoms with Crippen LogP contribution in [-0.2, 0) is 16.1 Å². The second-order valence-corrected chi connectivity index (χ2v) is 6.09. The standard InChI is InChI=1S/C16H22N2O2/c1-10-7-6-8-11(2)13(10)9-18-12(3)14(19)17-16(4,5)15(18)20/h6-8,12H,9H2,1-5H3,(H,17,19). The second kappa shape index (κ2) is 4.93. The molecule has 108 valence electrons. The van der Waals surface area contributed by atoms with Gasteiger partial charge in [0.1, 0.15) is 11.6 Å². The van der Waals surface area contributed by atoms with E-state index < -0.39 is 11.6 Å². The van der Waals surface area contributed by atoms with Gasteiger partial charge in [-0.15, -0.1) is 0 Å². The molecule has 0 radical (unpaired) electrons. The van der Waals surface area contributed by atoms with E-state index in [1.165, 1.54) is 0 Å². The van der Waals surface area contributed by atoms with Crippen LogP contribution in [0.3, 0.4) is 0 Å². The van der Waals surface area contributed by atoms with Gasteiger partial charge in [-0.3, -0.25) is 9.59 Å². The molecule has 4 nitrogen and oxygen atoms in total. The van der Waals surface area contributed by atoms with Crippen molar-refractivity contribution in [2.75, 3.05) is 0 Å². The Kier molecular flexibility index (Phi) is 3.59. The lowest BCUT2D eigenvalue weighted by Crippen LogP contribution is -2.67. The minimum Gasteiger partial charge on any atom is -0.340 e. The van der Waals surface area contributed by atoms with E-state index in [4.69, 9.17) is 0 Å². The topological polar surface area (TPSA) is 49.4 Å². The Hall–Kier alpha value is -1.84. The molecule has 2 rings (SSSR count). The Morgan fingerprint density at radius 2 is 1.75 bits per heavy atom. The Bertz CT molecular complexity index is 543. The van der Waals surface area contributed by atoms with Gasteiger partial charge in [0.25, 0.3) is 0 Å². The second-order valence-electron chi connectivity index (χ2n) is 6.09. The van der Waals surface area contributed by atoms with Gasteiger partial charge in [0.15, 0.2) is 0 Å². The van der Waals surface area contributed by atoms with Gasteiger partial charge in [0.05, 0.1) is 0 Å². The zero-order valence-corrected chi connectivity index (χ0v) is 12.8. The van der Waals surface area contributed by atoms with Crippen molar-refractivity contribution in [3.63, 3.8) is 0 Å². The predicted molar refractivity (Wildman–Crippen MR) is 78.1 cm³/mol. The fourth-order valence-corrected chi connectivity index (χ4v) is 2.62. The number of nitrogens with zero attached hydrogens (tertiary/aromatic N) is 1. The molecular formula is C16H22N2O2. The molecule has 4 heteroatoms. The fraction of sp³-hybridized carbons (Fsp3) is 0.500. The molecule has 1 aromatic carbocycles. The largest absolute Gasteiger partial charge is 0.340 e. The Labute approximate surface area is 120 Å². The molecule has 1 atom stereocenters. The van der Waals surface area contributed by atoms with Crippen LogP contribution < -0.4 is 5.32 Å². The molecule has 1 N–H and O–H groups in total. The summed E-state index contributed by atoms with van der Waals surface area (Å²) in [5.74, 6) is -0.131. The average molecular weight is 274 g/mol. The first kappa shape index (κ1) is 14.6. The molecule has 1 heterocycles. The number of carbonyl (C=O) groups is 2. The lowest BCUT2D eigenvalue weighted by molar-refractivity contribution is -0.153. The molecule has 1 saturated heterocycles. The van der Waals surface area contributed by atoms with Crippen LogP contribution in [0, 0.1) is 13.8 Å². The average Bonchev–Trinajstić information content (AvgIpc) is 2.35. The molecule has 0 spiro atoms. The molecule has 1 fully saturated rings. The molecule has 1 unspecified atom stereocenters. The van der Waals surface area contributed by atoms with Crippen molar-refractivity contribution in [2.24, 2.45) is 0 Å². The number of hydrogen-bond acceptors (Lipinski definition) is 2. The number of hydrogen-bond donors (Lipinski definition) is 1. The van der Waals surface area contributed by atoms with Crippen LogP contribution in [0.5, 0.6) is 0 Å². The number of amides is 2. The van der Waals surface area contributed by atoms with E-state index in [1.54, 1.807) is 25.7 Å². The van der Waals surface area contributed by atoms with Crippen molar-refractivity contribution in [3.8, 4) is 0 Å². The zero-order chi connectivity index (χ0) is 15.1. The highest BCUT2D eigenvalue weighted by molar-refractivity contribution is 5.99. The lowest BCUT2D eigenvalue weighted by atomic mass is 9.95. The number of carbonyl (C=O) groups excluding carboxylic acids is 2. The molecule has 1 aromatic rings. The van der Waals surface area contributed by atoms with Gasteiger partial charge in [-0.05, 0) is 51.3 Å². The van der Waals surface area contributed by atoms with E-state index in [-0.39, 0.29) is 11.8 Å². The first-order valence-corrected chi connectivity index (χ1v) is 6.92. The van der Waals surface area contributed by atoms with Gasteiger partial charge in [0.2, 0.25) is 11.8 Å². The third-order valence-corrected chi connectivity index (χ3v) is 4.05. The van der Waals surface area contributed by atoms with Crippen molar-refractivity contribution >= 4 is 11.8 Å². The normalized spacial score (nSPS) is 21.9. The summed E-state index contributed by atoms with van der Waals surface area (Å²) >= 11 is 0. The van der Waals surface area contributed by atoms with Crippen LogP contribution in [0.1, 0.15) is 37.5 Å². The maximum atomic E-state index is 12.5. The monoisotopic (exact) mass is 274 g/mol. The molecule has 1 aliphatic heterocycles. The maximum absolute atomic E-state index is 12.5. The molecule has 0 aliphatic carbocycles. The number of benzene rings is 1. The van der Waals surface area contributed by atoms with Crippen LogP contribution in [0.15, 0.2) is 18.2 Å². The highest BCUT2D eigenvalue weighted by atomic mass is 16.2. The first-order valence-electron chi connectivity index (χ1n) is 6.92. The molecular weight excluding hydrogens is 252 g/mol. The van der Waals surface area contributed by atoms with Crippen molar-refractivity contribution in [2.45, 2.75) is 52.7 Å². The Morgan fingerprint density at radius 1 is 1.20 bits per heavy atom. The Morgan fingerprint density at radius 3 is 2.30 bits per heavy atom. The molecule has 20 heavy (non-hydrogen) atoms. The minimum absolute atomic E-state index is 0.0350. The van der Waals surface area contributed by atoms with E-state index >= 15 is 0 Å². The zero-order valence-electron chi connectivity index (χ0n) is 12.8. The summed E-state index contributed by atoms with van der Waals surface area (Å²) in [5, 5.41) is 2.77. The van der Waals surface area contributed by atoms with E-state index in [0.29, 0.717) is 6.54 Å². The smallest absolute Gasteiger partial charge is 0.248 e. The molecule has 0 aromatic heterocycles. The number of piperazine rings is 1. The van der Waals surface area contributed by atoms with Crippen LogP contribution in [0.4, 0.5) is 0 Å². The van der Waals surface area contributed by atoms with Gasteiger partial charge in [0, 0.05) is 6.54 Å². The number of aryl methyl sites for hydroxylation is 2. The first-order chi connectivity index (χ1) is 9.24. The van der Waals surface area contributed by atoms with Crippen molar-refractivity contribution < 1.29 is 9.59 Å². The predicted octanol–water partition coefficient (Wildman–Crippen LogP) is 1.93. The van der Waals surface area contributed by atoms with E-state index in [1.807, 2.05) is 32.0 Å².